The van der Waals surface area contributed by atoms with Gasteiger partial charge in [0.05, 0.1) is 10.6 Å². The summed E-state index contributed by atoms with van der Waals surface area (Å²) < 4.78 is 26.3. The summed E-state index contributed by atoms with van der Waals surface area (Å²) in [5.41, 5.74) is 5.14. The largest absolute Gasteiger partial charge is 0.389 e. The van der Waals surface area contributed by atoms with Gasteiger partial charge in [-0.2, -0.15) is 4.31 Å². The number of benzene rings is 1. The molecule has 0 atom stereocenters. The Labute approximate surface area is 125 Å². The van der Waals surface area contributed by atoms with Crippen LogP contribution in [0.25, 0.3) is 0 Å². The number of nitrogens with two attached hydrogens (primary N) is 1. The van der Waals surface area contributed by atoms with Crippen LogP contribution in [0.15, 0.2) is 23.1 Å². The van der Waals surface area contributed by atoms with Gasteiger partial charge in [-0.25, -0.2) is 8.42 Å². The molecule has 20 heavy (non-hydrogen) atoms. The molecule has 0 aliphatic heterocycles. The summed E-state index contributed by atoms with van der Waals surface area (Å²) in [6.07, 6.45) is 0. The Morgan fingerprint density at radius 2 is 2.00 bits per heavy atom. The van der Waals surface area contributed by atoms with Gasteiger partial charge >= 0.3 is 0 Å². The Kier molecular flexibility index (Phi) is 5.57. The highest BCUT2D eigenvalue weighted by Gasteiger charge is 2.29. The molecular weight excluding hydrogens is 300 g/mol. The monoisotopic (exact) mass is 320 g/mol. The van der Waals surface area contributed by atoms with Crippen molar-refractivity contribution in [2.24, 2.45) is 5.73 Å². The Bertz CT molecular complexity index is 567. The molecule has 0 heterocycles. The van der Waals surface area contributed by atoms with Gasteiger partial charge in [-0.05, 0) is 31.5 Å². The number of likely N-dealkylation sites (N-methyl/N-ethyl adjacent to an activating group) is 1. The maximum absolute atomic E-state index is 12.6. The summed E-state index contributed by atoms with van der Waals surface area (Å²) in [5.74, 6) is 0. The van der Waals surface area contributed by atoms with Gasteiger partial charge in [0.2, 0.25) is 10.0 Å². The second-order valence-corrected chi connectivity index (χ2v) is 7.53. The molecule has 0 fully saturated rings. The van der Waals surface area contributed by atoms with E-state index in [4.69, 9.17) is 17.3 Å². The maximum atomic E-state index is 12.6. The van der Waals surface area contributed by atoms with Crippen LogP contribution in [0, 0.1) is 0 Å². The highest BCUT2D eigenvalue weighted by Crippen LogP contribution is 2.26. The van der Waals surface area contributed by atoms with E-state index in [1.54, 1.807) is 32.9 Å². The summed E-state index contributed by atoms with van der Waals surface area (Å²) in [6, 6.07) is 4.63. The molecule has 0 unspecified atom stereocenters. The fourth-order valence-corrected chi connectivity index (χ4v) is 3.96. The lowest BCUT2D eigenvalue weighted by atomic mass is 10.1. The van der Waals surface area contributed by atoms with Crippen LogP contribution in [0.1, 0.15) is 26.3 Å². The molecule has 0 aromatic heterocycles. The van der Waals surface area contributed by atoms with Gasteiger partial charge in [0.1, 0.15) is 4.90 Å². The topological polar surface area (TPSA) is 83.6 Å². The molecule has 1 aromatic rings. The molecular formula is C13H21ClN2O3S. The summed E-state index contributed by atoms with van der Waals surface area (Å²) in [4.78, 5) is 0.0301. The molecule has 0 saturated carbocycles. The Hall–Kier alpha value is -0.660. The van der Waals surface area contributed by atoms with E-state index in [-0.39, 0.29) is 23.0 Å². The van der Waals surface area contributed by atoms with Crippen molar-refractivity contribution in [3.05, 3.63) is 28.8 Å². The fourth-order valence-electron chi connectivity index (χ4n) is 1.82. The van der Waals surface area contributed by atoms with Crippen molar-refractivity contribution in [2.45, 2.75) is 37.8 Å². The quantitative estimate of drug-likeness (QED) is 0.833. The normalized spacial score (nSPS) is 12.9. The molecule has 0 radical (unpaired) electrons. The second-order valence-electron chi connectivity index (χ2n) is 5.21. The zero-order valence-corrected chi connectivity index (χ0v) is 13.5. The van der Waals surface area contributed by atoms with E-state index in [0.29, 0.717) is 6.54 Å². The number of rotatable bonds is 6. The van der Waals surface area contributed by atoms with Gasteiger partial charge in [0.15, 0.2) is 0 Å². The van der Waals surface area contributed by atoms with Crippen LogP contribution in [0.2, 0.25) is 5.02 Å². The maximum Gasteiger partial charge on any atom is 0.244 e. The minimum absolute atomic E-state index is 0.000796. The molecule has 0 spiro atoms. The van der Waals surface area contributed by atoms with Gasteiger partial charge < -0.3 is 10.8 Å². The number of aliphatic hydroxyl groups is 1. The number of halogens is 1. The number of nitrogens with zero attached hydrogens (tertiary/aromatic N) is 1. The van der Waals surface area contributed by atoms with Crippen LogP contribution < -0.4 is 5.73 Å². The van der Waals surface area contributed by atoms with Crippen molar-refractivity contribution in [2.75, 3.05) is 13.1 Å². The highest BCUT2D eigenvalue weighted by atomic mass is 35.5. The summed E-state index contributed by atoms with van der Waals surface area (Å²) in [5, 5.41) is 9.97. The molecule has 1 rings (SSSR count). The lowest BCUT2D eigenvalue weighted by molar-refractivity contribution is 0.0601. The Balaban J connectivity index is 3.21. The molecule has 0 bridgehead atoms. The lowest BCUT2D eigenvalue weighted by Crippen LogP contribution is -2.42. The second kappa shape index (κ2) is 6.41. The molecule has 0 saturated heterocycles. The molecule has 7 heteroatoms. The zero-order chi connectivity index (χ0) is 15.6. The molecule has 5 nitrogen and oxygen atoms in total. The van der Waals surface area contributed by atoms with Crippen molar-refractivity contribution in [3.8, 4) is 0 Å². The SMILES string of the molecule is CCN(CC(C)(C)O)S(=O)(=O)c1ccc(CN)cc1Cl. The van der Waals surface area contributed by atoms with E-state index < -0.39 is 15.6 Å². The standard InChI is InChI=1S/C13H21ClN2O3S/c1-4-16(9-13(2,3)17)20(18,19)12-6-5-10(8-15)7-11(12)14/h5-7,17H,4,8-9,15H2,1-3H3. The first kappa shape index (κ1) is 17.4. The molecule has 0 aliphatic carbocycles. The minimum atomic E-state index is -3.74. The van der Waals surface area contributed by atoms with Gasteiger partial charge in [-0.3, -0.25) is 0 Å². The predicted octanol–water partition coefficient (Wildman–Crippen LogP) is 1.58. The van der Waals surface area contributed by atoms with Crippen molar-refractivity contribution in [1.29, 1.82) is 0 Å². The van der Waals surface area contributed by atoms with E-state index >= 15 is 0 Å². The van der Waals surface area contributed by atoms with E-state index in [9.17, 15) is 13.5 Å². The molecule has 0 amide bonds. The summed E-state index contributed by atoms with van der Waals surface area (Å²) >= 11 is 6.04. The third kappa shape index (κ3) is 4.17. The average molecular weight is 321 g/mol. The van der Waals surface area contributed by atoms with Crippen LogP contribution >= 0.6 is 11.6 Å². The highest BCUT2D eigenvalue weighted by molar-refractivity contribution is 7.89. The van der Waals surface area contributed by atoms with Crippen LogP contribution in [0.4, 0.5) is 0 Å². The molecule has 1 aromatic carbocycles. The third-order valence-electron chi connectivity index (χ3n) is 2.77. The van der Waals surface area contributed by atoms with Crippen LogP contribution in [0.3, 0.4) is 0 Å². The first-order chi connectivity index (χ1) is 9.11. The van der Waals surface area contributed by atoms with Crippen LogP contribution in [-0.2, 0) is 16.6 Å². The van der Waals surface area contributed by atoms with E-state index in [1.165, 1.54) is 10.4 Å². The fraction of sp³-hybridized carbons (Fsp3) is 0.538. The Morgan fingerprint density at radius 1 is 1.40 bits per heavy atom. The predicted molar refractivity (Wildman–Crippen MR) is 80.1 cm³/mol. The van der Waals surface area contributed by atoms with Crippen LogP contribution in [-0.4, -0.2) is 36.5 Å². The van der Waals surface area contributed by atoms with Gasteiger partial charge in [0.25, 0.3) is 0 Å². The number of hydrogen-bond acceptors (Lipinski definition) is 4. The summed E-state index contributed by atoms with van der Waals surface area (Å²) in [7, 11) is -3.74. The number of hydrogen-bond donors (Lipinski definition) is 2. The first-order valence-corrected chi connectivity index (χ1v) is 8.14. The average Bonchev–Trinajstić information content (AvgIpc) is 2.34. The van der Waals surface area contributed by atoms with E-state index in [2.05, 4.69) is 0 Å². The Morgan fingerprint density at radius 3 is 2.40 bits per heavy atom. The smallest absolute Gasteiger partial charge is 0.244 e. The van der Waals surface area contributed by atoms with E-state index in [1.807, 2.05) is 0 Å². The van der Waals surface area contributed by atoms with Crippen molar-refractivity contribution in [1.82, 2.24) is 4.31 Å². The third-order valence-corrected chi connectivity index (χ3v) is 5.17. The molecule has 0 aliphatic rings. The van der Waals surface area contributed by atoms with Gasteiger partial charge in [0, 0.05) is 19.6 Å². The van der Waals surface area contributed by atoms with Crippen LogP contribution in [0.5, 0.6) is 0 Å². The number of sulfonamides is 1. The van der Waals surface area contributed by atoms with Crippen molar-refractivity contribution in [3.63, 3.8) is 0 Å². The van der Waals surface area contributed by atoms with Crippen molar-refractivity contribution < 1.29 is 13.5 Å². The van der Waals surface area contributed by atoms with Gasteiger partial charge in [-0.1, -0.05) is 24.6 Å². The lowest BCUT2D eigenvalue weighted by Gasteiger charge is -2.27. The molecule has 3 N–H and O–H groups in total. The molecule has 114 valence electrons. The van der Waals surface area contributed by atoms with Gasteiger partial charge in [-0.15, -0.1) is 0 Å². The minimum Gasteiger partial charge on any atom is -0.389 e. The zero-order valence-electron chi connectivity index (χ0n) is 11.9. The summed E-state index contributed by atoms with van der Waals surface area (Å²) in [6.45, 7) is 5.38. The first-order valence-electron chi connectivity index (χ1n) is 6.33. The van der Waals surface area contributed by atoms with E-state index in [0.717, 1.165) is 5.56 Å². The van der Waals surface area contributed by atoms with Crippen molar-refractivity contribution >= 4 is 21.6 Å².